The molecule has 0 aliphatic carbocycles. The summed E-state index contributed by atoms with van der Waals surface area (Å²) in [6.07, 6.45) is 0. The molecule has 2 N–H and O–H groups in total. The minimum absolute atomic E-state index is 0.0231. The molecule has 0 heterocycles. The van der Waals surface area contributed by atoms with Gasteiger partial charge in [0.05, 0.1) is 0 Å². The lowest BCUT2D eigenvalue weighted by molar-refractivity contribution is 0.240. The standard InChI is InChI=1S/CH3NOS2/c3-2-1(4)5/h3H,(H2,2,4,5)/p-1. The lowest BCUT2D eigenvalue weighted by Crippen LogP contribution is -2.11. The first-order valence-corrected chi connectivity index (χ1v) is 1.70. The van der Waals surface area contributed by atoms with Gasteiger partial charge in [-0.25, -0.2) is 0 Å². The molecule has 0 unspecified atom stereocenters. The zero-order valence-electron chi connectivity index (χ0n) is 2.26. The van der Waals surface area contributed by atoms with Gasteiger partial charge in [-0.15, -0.1) is 0 Å². The van der Waals surface area contributed by atoms with Gasteiger partial charge in [-0.2, -0.15) is 0 Å². The van der Waals surface area contributed by atoms with Crippen LogP contribution in [0.4, 0.5) is 0 Å². The molecule has 0 fully saturated rings. The number of hydrogen-bond donors (Lipinski definition) is 2. The number of nitrogens with one attached hydrogen (secondary N) is 1. The van der Waals surface area contributed by atoms with Gasteiger partial charge in [0.25, 0.3) is 0 Å². The Balaban J connectivity index is 2.85. The van der Waals surface area contributed by atoms with Crippen LogP contribution in [0.2, 0.25) is 0 Å². The van der Waals surface area contributed by atoms with Gasteiger partial charge in [-0.05, 0) is 4.32 Å². The Morgan fingerprint density at radius 2 is 2.20 bits per heavy atom. The lowest BCUT2D eigenvalue weighted by atomic mass is 11.5. The second kappa shape index (κ2) is 2.32. The van der Waals surface area contributed by atoms with Crippen LogP contribution in [0.5, 0.6) is 0 Å². The summed E-state index contributed by atoms with van der Waals surface area (Å²) in [4.78, 5) is 0. The second-order valence-corrected chi connectivity index (χ2v) is 1.47. The van der Waals surface area contributed by atoms with Gasteiger partial charge < -0.3 is 24.8 Å². The number of hydroxylamine groups is 1. The smallest absolute Gasteiger partial charge is 0.0383 e. The van der Waals surface area contributed by atoms with Crippen molar-refractivity contribution in [3.63, 3.8) is 0 Å². The molecule has 0 saturated carbocycles. The predicted molar refractivity (Wildman–Crippen MR) is 24.9 cm³/mol. The fourth-order valence-corrected chi connectivity index (χ4v) is 0. The lowest BCUT2D eigenvalue weighted by Gasteiger charge is -1.95. The van der Waals surface area contributed by atoms with Crippen LogP contribution in [0.15, 0.2) is 0 Å². The Morgan fingerprint density at radius 1 is 2.00 bits per heavy atom. The van der Waals surface area contributed by atoms with Crippen LogP contribution in [0.3, 0.4) is 0 Å². The summed E-state index contributed by atoms with van der Waals surface area (Å²) in [5, 5.41) is 7.65. The van der Waals surface area contributed by atoms with Gasteiger partial charge in [0.2, 0.25) is 0 Å². The van der Waals surface area contributed by atoms with Crippen molar-refractivity contribution >= 4 is 29.2 Å². The molecule has 0 aromatic heterocycles. The Kier molecular flexibility index (Phi) is 2.35. The van der Waals surface area contributed by atoms with E-state index in [9.17, 15) is 0 Å². The Labute approximate surface area is 40.6 Å². The van der Waals surface area contributed by atoms with E-state index in [-0.39, 0.29) is 4.32 Å². The third kappa shape index (κ3) is 4.07. The van der Waals surface area contributed by atoms with Crippen molar-refractivity contribution in [1.82, 2.24) is 5.48 Å². The fourth-order valence-electron chi connectivity index (χ4n) is 0. The van der Waals surface area contributed by atoms with E-state index in [1.807, 2.05) is 0 Å². The Morgan fingerprint density at radius 3 is 2.20 bits per heavy atom. The molecule has 0 aliphatic rings. The molecule has 4 heteroatoms. The molecule has 0 amide bonds. The summed E-state index contributed by atoms with van der Waals surface area (Å²) in [6.45, 7) is 0. The highest BCUT2D eigenvalue weighted by Crippen LogP contribution is 1.53. The fraction of sp³-hybridized carbons (Fsp3) is 0. The Bertz CT molecular complexity index is 44.9. The van der Waals surface area contributed by atoms with E-state index in [1.165, 1.54) is 0 Å². The van der Waals surface area contributed by atoms with Crippen LogP contribution >= 0.6 is 12.2 Å². The third-order valence-corrected chi connectivity index (χ3v) is 0.274. The quantitative estimate of drug-likeness (QED) is 0.256. The summed E-state index contributed by atoms with van der Waals surface area (Å²) < 4.78 is -0.0231. The van der Waals surface area contributed by atoms with Crippen LogP contribution in [-0.4, -0.2) is 9.53 Å². The molecule has 0 spiro atoms. The molecule has 0 saturated heterocycles. The first-order chi connectivity index (χ1) is 2.27. The van der Waals surface area contributed by atoms with Crippen LogP contribution in [0.1, 0.15) is 0 Å². The van der Waals surface area contributed by atoms with Gasteiger partial charge in [0, 0.05) is 0 Å². The van der Waals surface area contributed by atoms with Crippen molar-refractivity contribution in [2.45, 2.75) is 0 Å². The van der Waals surface area contributed by atoms with Crippen LogP contribution < -0.4 is 5.48 Å². The highest BCUT2D eigenvalue weighted by Gasteiger charge is 1.53. The minimum Gasteiger partial charge on any atom is -0.409 e. The van der Waals surface area contributed by atoms with Gasteiger partial charge in [-0.1, -0.05) is 0 Å². The monoisotopic (exact) mass is 108 g/mol. The molecule has 0 aromatic rings. The summed E-state index contributed by atoms with van der Waals surface area (Å²) in [5.74, 6) is 0. The minimum atomic E-state index is -0.0231. The highest BCUT2D eigenvalue weighted by atomic mass is 32.1. The van der Waals surface area contributed by atoms with E-state index in [1.54, 1.807) is 5.48 Å². The topological polar surface area (TPSA) is 32.3 Å². The molecular formula is CH2NOS2-. The van der Waals surface area contributed by atoms with Crippen molar-refractivity contribution in [3.05, 3.63) is 0 Å². The molecule has 0 radical (unpaired) electrons. The number of thiocarbonyl (C=S) groups is 1. The van der Waals surface area contributed by atoms with E-state index in [0.717, 1.165) is 0 Å². The van der Waals surface area contributed by atoms with E-state index < -0.39 is 0 Å². The average molecular weight is 108 g/mol. The zero-order valence-corrected chi connectivity index (χ0v) is 3.90. The van der Waals surface area contributed by atoms with E-state index in [4.69, 9.17) is 5.21 Å². The highest BCUT2D eigenvalue weighted by molar-refractivity contribution is 8.00. The van der Waals surface area contributed by atoms with Crippen LogP contribution in [0, 0.1) is 0 Å². The molecule has 0 aromatic carbocycles. The Hall–Kier alpha value is 0.0700. The maximum absolute atomic E-state index is 7.65. The molecular weight excluding hydrogens is 106 g/mol. The maximum Gasteiger partial charge on any atom is -0.0383 e. The molecule has 0 atom stereocenters. The van der Waals surface area contributed by atoms with Crippen molar-refractivity contribution in [2.75, 3.05) is 0 Å². The van der Waals surface area contributed by atoms with Crippen LogP contribution in [0.25, 0.3) is 0 Å². The molecule has 2 nitrogen and oxygen atoms in total. The van der Waals surface area contributed by atoms with Crippen molar-refractivity contribution < 1.29 is 5.21 Å². The SMILES string of the molecule is ONC(=S)[S-]. The largest absolute Gasteiger partial charge is 0.409 e. The van der Waals surface area contributed by atoms with E-state index in [2.05, 4.69) is 24.8 Å². The second-order valence-electron chi connectivity index (χ2n) is 0.399. The van der Waals surface area contributed by atoms with Gasteiger partial charge >= 0.3 is 0 Å². The summed E-state index contributed by atoms with van der Waals surface area (Å²) >= 11 is 8.30. The molecule has 30 valence electrons. The third-order valence-electron chi connectivity index (χ3n) is 0.0913. The van der Waals surface area contributed by atoms with Crippen molar-refractivity contribution in [1.29, 1.82) is 0 Å². The molecule has 5 heavy (non-hydrogen) atoms. The summed E-state index contributed by atoms with van der Waals surface area (Å²) in [7, 11) is 0. The average Bonchev–Trinajstić information content (AvgIpc) is 1.38. The first-order valence-electron chi connectivity index (χ1n) is 0.882. The maximum atomic E-state index is 7.65. The zero-order chi connectivity index (χ0) is 4.28. The van der Waals surface area contributed by atoms with Crippen molar-refractivity contribution in [3.8, 4) is 0 Å². The van der Waals surface area contributed by atoms with Gasteiger partial charge in [0.15, 0.2) is 0 Å². The number of rotatable bonds is 0. The summed E-state index contributed by atoms with van der Waals surface area (Å²) in [6, 6.07) is 0. The molecule has 0 aliphatic heterocycles. The molecule has 0 rings (SSSR count). The number of hydrogen-bond acceptors (Lipinski definition) is 3. The predicted octanol–water partition coefficient (Wildman–Crippen LogP) is -0.203. The first kappa shape index (κ1) is 5.07. The summed E-state index contributed by atoms with van der Waals surface area (Å²) in [5.41, 5.74) is 1.57. The van der Waals surface area contributed by atoms with Gasteiger partial charge in [-0.3, -0.25) is 10.7 Å². The van der Waals surface area contributed by atoms with Crippen LogP contribution in [-0.2, 0) is 12.6 Å². The van der Waals surface area contributed by atoms with E-state index in [0.29, 0.717) is 0 Å². The van der Waals surface area contributed by atoms with Crippen molar-refractivity contribution in [2.24, 2.45) is 0 Å². The van der Waals surface area contributed by atoms with E-state index >= 15 is 0 Å². The van der Waals surface area contributed by atoms with Gasteiger partial charge in [0.1, 0.15) is 0 Å². The normalized spacial score (nSPS) is 6.60. The molecule has 0 bridgehead atoms.